The van der Waals surface area contributed by atoms with Gasteiger partial charge in [0.1, 0.15) is 5.82 Å². The minimum Gasteiger partial charge on any atom is -0.383 e. The minimum atomic E-state index is -0.108. The van der Waals surface area contributed by atoms with Gasteiger partial charge in [0.25, 0.3) is 0 Å². The van der Waals surface area contributed by atoms with E-state index in [1.54, 1.807) is 0 Å². The van der Waals surface area contributed by atoms with Gasteiger partial charge in [0, 0.05) is 6.42 Å². The van der Waals surface area contributed by atoms with E-state index in [0.29, 0.717) is 17.7 Å². The summed E-state index contributed by atoms with van der Waals surface area (Å²) in [6, 6.07) is 0. The number of carbonyl (C=O) groups is 1. The highest BCUT2D eigenvalue weighted by Gasteiger charge is 2.30. The number of hydrogen-bond acceptors (Lipinski definition) is 5. The summed E-state index contributed by atoms with van der Waals surface area (Å²) in [6.07, 6.45) is 2.24. The van der Waals surface area contributed by atoms with Crippen molar-refractivity contribution in [1.29, 1.82) is 0 Å². The molecule has 0 fully saturated rings. The van der Waals surface area contributed by atoms with Crippen LogP contribution in [0.1, 0.15) is 43.2 Å². The average Bonchev–Trinajstić information content (AvgIpc) is 2.14. The predicted molar refractivity (Wildman–Crippen MR) is 67.2 cm³/mol. The summed E-state index contributed by atoms with van der Waals surface area (Å²) >= 11 is 0. The molecule has 0 amide bonds. The number of anilines is 2. The van der Waals surface area contributed by atoms with Crippen molar-refractivity contribution in [2.24, 2.45) is 5.41 Å². The maximum atomic E-state index is 11.8. The number of Topliss-reactive ketones (excluding diaryl/α,β-unsaturated/α-hetero) is 1. The molecule has 0 unspecified atom stereocenters. The van der Waals surface area contributed by atoms with Gasteiger partial charge in [0.05, 0.1) is 11.3 Å². The molecule has 5 nitrogen and oxygen atoms in total. The van der Waals surface area contributed by atoms with Gasteiger partial charge in [0.15, 0.2) is 5.78 Å². The Morgan fingerprint density at radius 1 is 1.24 bits per heavy atom. The Balaban J connectivity index is 2.72. The Bertz CT molecular complexity index is 526. The average molecular weight is 232 g/mol. The highest BCUT2D eigenvalue weighted by atomic mass is 16.1. The van der Waals surface area contributed by atoms with Crippen molar-refractivity contribution in [3.63, 3.8) is 0 Å². The number of hydrogen-bond donors (Lipinski definition) is 2. The van der Waals surface area contributed by atoms with E-state index in [4.69, 9.17) is 11.5 Å². The van der Waals surface area contributed by atoms with Gasteiger partial charge in [-0.25, -0.2) is 4.98 Å². The zero-order valence-electron chi connectivity index (χ0n) is 10.2. The number of nitrogen functional groups attached to an aromatic ring is 2. The van der Waals surface area contributed by atoms with Crippen molar-refractivity contribution < 1.29 is 4.79 Å². The summed E-state index contributed by atoms with van der Waals surface area (Å²) < 4.78 is 0. The maximum Gasteiger partial charge on any atom is 0.222 e. The Kier molecular flexibility index (Phi) is 2.41. The van der Waals surface area contributed by atoms with Gasteiger partial charge in [-0.1, -0.05) is 26.8 Å². The monoisotopic (exact) mass is 232 g/mol. The first-order valence-electron chi connectivity index (χ1n) is 5.48. The summed E-state index contributed by atoms with van der Waals surface area (Å²) in [7, 11) is 0. The molecule has 0 radical (unpaired) electrons. The SMILES string of the molecule is CC(C)(C)C1=CCC(=O)c2c(N)nc(N)nc21. The van der Waals surface area contributed by atoms with Crippen LogP contribution < -0.4 is 11.5 Å². The minimum absolute atomic E-state index is 0.0505. The summed E-state index contributed by atoms with van der Waals surface area (Å²) in [6.45, 7) is 6.19. The topological polar surface area (TPSA) is 94.9 Å². The van der Waals surface area contributed by atoms with Crippen LogP contribution in [0.25, 0.3) is 5.57 Å². The lowest BCUT2D eigenvalue weighted by Crippen LogP contribution is -2.21. The molecule has 0 bridgehead atoms. The molecule has 1 aliphatic carbocycles. The Hall–Kier alpha value is -1.91. The Morgan fingerprint density at radius 2 is 1.88 bits per heavy atom. The molecule has 1 aromatic heterocycles. The number of nitrogens with two attached hydrogens (primary N) is 2. The van der Waals surface area contributed by atoms with Gasteiger partial charge in [-0.2, -0.15) is 4.98 Å². The molecule has 0 saturated heterocycles. The first-order chi connectivity index (χ1) is 7.80. The van der Waals surface area contributed by atoms with E-state index in [2.05, 4.69) is 30.7 Å². The normalized spacial score (nSPS) is 15.5. The number of rotatable bonds is 0. The second kappa shape index (κ2) is 3.55. The van der Waals surface area contributed by atoms with Crippen molar-refractivity contribution in [2.75, 3.05) is 11.5 Å². The van der Waals surface area contributed by atoms with E-state index in [0.717, 1.165) is 5.57 Å². The fourth-order valence-electron chi connectivity index (χ4n) is 2.02. The van der Waals surface area contributed by atoms with Gasteiger partial charge in [-0.05, 0) is 11.0 Å². The molecule has 90 valence electrons. The second-order valence-corrected chi connectivity index (χ2v) is 5.19. The van der Waals surface area contributed by atoms with Crippen LogP contribution in [0.4, 0.5) is 11.8 Å². The van der Waals surface area contributed by atoms with Crippen LogP contribution in [0, 0.1) is 5.41 Å². The van der Waals surface area contributed by atoms with E-state index >= 15 is 0 Å². The van der Waals surface area contributed by atoms with Crippen molar-refractivity contribution in [2.45, 2.75) is 27.2 Å². The Labute approximate surface area is 99.9 Å². The summed E-state index contributed by atoms with van der Waals surface area (Å²) in [5.74, 6) is 0.226. The van der Waals surface area contributed by atoms with Gasteiger partial charge < -0.3 is 11.5 Å². The predicted octanol–water partition coefficient (Wildman–Crippen LogP) is 1.66. The van der Waals surface area contributed by atoms with Crippen LogP contribution >= 0.6 is 0 Å². The van der Waals surface area contributed by atoms with Crippen LogP contribution in [0.3, 0.4) is 0 Å². The standard InChI is InChI=1S/C12H16N4O/c1-12(2,3)6-4-5-7(17)8-9(6)15-11(14)16-10(8)13/h4H,5H2,1-3H3,(H4,13,14,15,16). The molecule has 17 heavy (non-hydrogen) atoms. The number of ketones is 1. The van der Waals surface area contributed by atoms with Gasteiger partial charge in [-0.15, -0.1) is 0 Å². The number of fused-ring (bicyclic) bond motifs is 1. The first-order valence-corrected chi connectivity index (χ1v) is 5.48. The van der Waals surface area contributed by atoms with Crippen LogP contribution in [0.2, 0.25) is 0 Å². The molecule has 5 heteroatoms. The van der Waals surface area contributed by atoms with Crippen molar-refractivity contribution in [1.82, 2.24) is 9.97 Å². The molecule has 0 aromatic carbocycles. The lowest BCUT2D eigenvalue weighted by atomic mass is 9.79. The molecule has 1 heterocycles. The maximum absolute atomic E-state index is 11.8. The molecule has 0 aliphatic heterocycles. The summed E-state index contributed by atoms with van der Waals surface area (Å²) in [4.78, 5) is 19.9. The fraction of sp³-hybridized carbons (Fsp3) is 0.417. The van der Waals surface area contributed by atoms with Crippen LogP contribution in [0.5, 0.6) is 0 Å². The van der Waals surface area contributed by atoms with E-state index < -0.39 is 0 Å². The summed E-state index contributed by atoms with van der Waals surface area (Å²) in [5.41, 5.74) is 13.2. The molecular weight excluding hydrogens is 216 g/mol. The van der Waals surface area contributed by atoms with E-state index in [9.17, 15) is 4.79 Å². The van der Waals surface area contributed by atoms with Crippen molar-refractivity contribution in [3.8, 4) is 0 Å². The molecule has 0 spiro atoms. The highest BCUT2D eigenvalue weighted by Crippen LogP contribution is 2.39. The largest absolute Gasteiger partial charge is 0.383 e. The zero-order chi connectivity index (χ0) is 12.8. The molecule has 1 aliphatic rings. The van der Waals surface area contributed by atoms with Crippen molar-refractivity contribution in [3.05, 3.63) is 17.3 Å². The second-order valence-electron chi connectivity index (χ2n) is 5.19. The molecule has 1 aromatic rings. The van der Waals surface area contributed by atoms with Gasteiger partial charge in [0.2, 0.25) is 5.95 Å². The lowest BCUT2D eigenvalue weighted by molar-refractivity contribution is 0.0994. The Morgan fingerprint density at radius 3 is 2.47 bits per heavy atom. The first kappa shape index (κ1) is 11.6. The van der Waals surface area contributed by atoms with E-state index in [1.807, 2.05) is 6.08 Å². The van der Waals surface area contributed by atoms with Gasteiger partial charge >= 0.3 is 0 Å². The van der Waals surface area contributed by atoms with E-state index in [1.165, 1.54) is 0 Å². The third-order valence-corrected chi connectivity index (χ3v) is 2.79. The van der Waals surface area contributed by atoms with Crippen LogP contribution in [-0.2, 0) is 0 Å². The number of carbonyl (C=O) groups excluding carboxylic acids is 1. The third-order valence-electron chi connectivity index (χ3n) is 2.79. The van der Waals surface area contributed by atoms with Crippen molar-refractivity contribution >= 4 is 23.1 Å². The molecule has 2 rings (SSSR count). The highest BCUT2D eigenvalue weighted by molar-refractivity contribution is 6.07. The lowest BCUT2D eigenvalue weighted by Gasteiger charge is -2.27. The smallest absolute Gasteiger partial charge is 0.222 e. The van der Waals surface area contributed by atoms with E-state index in [-0.39, 0.29) is 23.0 Å². The summed E-state index contributed by atoms with van der Waals surface area (Å²) in [5, 5.41) is 0. The zero-order valence-corrected chi connectivity index (χ0v) is 10.2. The molecule has 0 atom stereocenters. The van der Waals surface area contributed by atoms with Crippen LogP contribution in [0.15, 0.2) is 6.08 Å². The quantitative estimate of drug-likeness (QED) is 0.709. The van der Waals surface area contributed by atoms with Crippen LogP contribution in [-0.4, -0.2) is 15.8 Å². The molecule has 4 N–H and O–H groups in total. The molecular formula is C12H16N4O. The van der Waals surface area contributed by atoms with Gasteiger partial charge in [-0.3, -0.25) is 4.79 Å². The number of aromatic nitrogens is 2. The third kappa shape index (κ3) is 1.88. The number of nitrogens with zero attached hydrogens (tertiary/aromatic N) is 2. The molecule has 0 saturated carbocycles. The number of allylic oxidation sites excluding steroid dienone is 2. The fourth-order valence-corrected chi connectivity index (χ4v) is 2.02.